The minimum absolute atomic E-state index is 0.114. The zero-order valence-electron chi connectivity index (χ0n) is 14.3. The fourth-order valence-corrected chi connectivity index (χ4v) is 2.92. The first kappa shape index (κ1) is 16.6. The van der Waals surface area contributed by atoms with Crippen LogP contribution in [0.4, 0.5) is 0 Å². The molecule has 0 radical (unpaired) electrons. The van der Waals surface area contributed by atoms with Crippen molar-refractivity contribution in [2.75, 3.05) is 13.7 Å². The molecular formula is C21H24O3. The zero-order chi connectivity index (χ0) is 16.8. The molecule has 2 aromatic carbocycles. The van der Waals surface area contributed by atoms with E-state index in [9.17, 15) is 0 Å². The highest BCUT2D eigenvalue weighted by Gasteiger charge is 2.15. The van der Waals surface area contributed by atoms with Crippen molar-refractivity contribution in [3.63, 3.8) is 0 Å². The Bertz CT molecular complexity index is 683. The van der Waals surface area contributed by atoms with Crippen LogP contribution in [0.5, 0.6) is 11.5 Å². The summed E-state index contributed by atoms with van der Waals surface area (Å²) in [6.07, 6.45) is 7.25. The number of benzene rings is 2. The van der Waals surface area contributed by atoms with Gasteiger partial charge in [0.25, 0.3) is 0 Å². The first-order chi connectivity index (χ1) is 11.8. The maximum Gasteiger partial charge on any atom is 0.199 e. The van der Waals surface area contributed by atoms with Crippen molar-refractivity contribution >= 4 is 6.08 Å². The first-order valence-corrected chi connectivity index (χ1v) is 8.49. The Hall–Kier alpha value is -2.26. The maximum absolute atomic E-state index is 5.90. The van der Waals surface area contributed by atoms with E-state index in [2.05, 4.69) is 30.3 Å². The summed E-state index contributed by atoms with van der Waals surface area (Å²) < 4.78 is 17.0. The van der Waals surface area contributed by atoms with Gasteiger partial charge in [-0.15, -0.1) is 0 Å². The van der Waals surface area contributed by atoms with Gasteiger partial charge in [0.2, 0.25) is 0 Å². The Kier molecular flexibility index (Phi) is 5.55. The Morgan fingerprint density at radius 1 is 1.08 bits per heavy atom. The summed E-state index contributed by atoms with van der Waals surface area (Å²) in [5.74, 6) is 1.71. The van der Waals surface area contributed by atoms with Crippen LogP contribution in [-0.4, -0.2) is 20.0 Å². The van der Waals surface area contributed by atoms with Crippen LogP contribution in [0.15, 0.2) is 48.5 Å². The zero-order valence-corrected chi connectivity index (χ0v) is 14.3. The van der Waals surface area contributed by atoms with Gasteiger partial charge in [0.15, 0.2) is 6.29 Å². The highest BCUT2D eigenvalue weighted by Crippen LogP contribution is 2.32. The van der Waals surface area contributed by atoms with Gasteiger partial charge < -0.3 is 14.2 Å². The minimum atomic E-state index is -0.114. The molecule has 3 nitrogen and oxygen atoms in total. The molecule has 0 aliphatic carbocycles. The monoisotopic (exact) mass is 324 g/mol. The van der Waals surface area contributed by atoms with Crippen molar-refractivity contribution in [3.05, 3.63) is 54.1 Å². The minimum Gasteiger partial charge on any atom is -0.496 e. The molecule has 1 aliphatic heterocycles. The standard InChI is InChI=1S/C21H24O3/c1-3-6-16-8-13-20(22-2)19(15-16)17-9-11-18(12-10-17)24-21-7-4-5-14-23-21/h3,6,8-13,15,21H,4-5,7,14H2,1-2H3/b6-3-. The van der Waals surface area contributed by atoms with Crippen LogP contribution >= 0.6 is 0 Å². The molecule has 0 N–H and O–H groups in total. The van der Waals surface area contributed by atoms with E-state index in [0.717, 1.165) is 54.1 Å². The Balaban J connectivity index is 1.80. The van der Waals surface area contributed by atoms with Crippen molar-refractivity contribution < 1.29 is 14.2 Å². The fraction of sp³-hybridized carbons (Fsp3) is 0.333. The molecule has 0 bridgehead atoms. The van der Waals surface area contributed by atoms with Crippen LogP contribution in [0.3, 0.4) is 0 Å². The van der Waals surface area contributed by atoms with Crippen molar-refractivity contribution in [3.8, 4) is 22.6 Å². The number of hydrogen-bond acceptors (Lipinski definition) is 3. The number of ether oxygens (including phenoxy) is 3. The van der Waals surface area contributed by atoms with E-state index >= 15 is 0 Å². The van der Waals surface area contributed by atoms with Crippen molar-refractivity contribution in [1.29, 1.82) is 0 Å². The Labute approximate surface area is 143 Å². The second-order valence-electron chi connectivity index (χ2n) is 5.90. The first-order valence-electron chi connectivity index (χ1n) is 8.49. The van der Waals surface area contributed by atoms with Crippen LogP contribution in [0.2, 0.25) is 0 Å². The van der Waals surface area contributed by atoms with E-state index in [0.29, 0.717) is 0 Å². The highest BCUT2D eigenvalue weighted by molar-refractivity contribution is 5.74. The molecule has 1 fully saturated rings. The van der Waals surface area contributed by atoms with Crippen molar-refractivity contribution in [2.24, 2.45) is 0 Å². The molecule has 3 heteroatoms. The summed E-state index contributed by atoms with van der Waals surface area (Å²) in [6.45, 7) is 2.81. The summed E-state index contributed by atoms with van der Waals surface area (Å²) in [6, 6.07) is 14.3. The van der Waals surface area contributed by atoms with Crippen LogP contribution in [0.1, 0.15) is 31.7 Å². The SMILES string of the molecule is C/C=C\c1ccc(OC)c(-c2ccc(OC3CCCCO3)cc2)c1. The van der Waals surface area contributed by atoms with E-state index in [-0.39, 0.29) is 6.29 Å². The van der Waals surface area contributed by atoms with E-state index in [1.54, 1.807) is 7.11 Å². The largest absolute Gasteiger partial charge is 0.496 e. The second kappa shape index (κ2) is 8.02. The van der Waals surface area contributed by atoms with Gasteiger partial charge >= 0.3 is 0 Å². The summed E-state index contributed by atoms with van der Waals surface area (Å²) in [7, 11) is 1.70. The third-order valence-electron chi connectivity index (χ3n) is 4.15. The predicted molar refractivity (Wildman–Crippen MR) is 97.4 cm³/mol. The lowest BCUT2D eigenvalue weighted by atomic mass is 10.0. The van der Waals surface area contributed by atoms with E-state index in [1.165, 1.54) is 0 Å². The van der Waals surface area contributed by atoms with Crippen molar-refractivity contribution in [1.82, 2.24) is 0 Å². The molecule has 1 atom stereocenters. The molecule has 1 aliphatic rings. The lowest BCUT2D eigenvalue weighted by Gasteiger charge is -2.23. The number of rotatable bonds is 5. The Morgan fingerprint density at radius 2 is 1.92 bits per heavy atom. The molecule has 1 saturated heterocycles. The van der Waals surface area contributed by atoms with Gasteiger partial charge in [-0.2, -0.15) is 0 Å². The van der Waals surface area contributed by atoms with Gasteiger partial charge in [0, 0.05) is 12.0 Å². The Morgan fingerprint density at radius 3 is 2.58 bits per heavy atom. The summed E-state index contributed by atoms with van der Waals surface area (Å²) >= 11 is 0. The maximum atomic E-state index is 5.90. The number of allylic oxidation sites excluding steroid dienone is 1. The van der Waals surface area contributed by atoms with Crippen LogP contribution < -0.4 is 9.47 Å². The quantitative estimate of drug-likeness (QED) is 0.747. The van der Waals surface area contributed by atoms with Crippen molar-refractivity contribution in [2.45, 2.75) is 32.5 Å². The normalized spacial score (nSPS) is 17.8. The van der Waals surface area contributed by atoms with Crippen LogP contribution in [0.25, 0.3) is 17.2 Å². The lowest BCUT2D eigenvalue weighted by molar-refractivity contribution is -0.105. The number of hydrogen-bond donors (Lipinski definition) is 0. The fourth-order valence-electron chi connectivity index (χ4n) is 2.92. The second-order valence-corrected chi connectivity index (χ2v) is 5.90. The van der Waals surface area contributed by atoms with Gasteiger partial charge in [-0.25, -0.2) is 0 Å². The predicted octanol–water partition coefficient (Wildman–Crippen LogP) is 5.30. The van der Waals surface area contributed by atoms with Gasteiger partial charge in [0.05, 0.1) is 13.7 Å². The number of methoxy groups -OCH3 is 1. The third kappa shape index (κ3) is 3.98. The van der Waals surface area contributed by atoms with E-state index < -0.39 is 0 Å². The van der Waals surface area contributed by atoms with E-state index in [4.69, 9.17) is 14.2 Å². The van der Waals surface area contributed by atoms with Crippen LogP contribution in [-0.2, 0) is 4.74 Å². The lowest BCUT2D eigenvalue weighted by Crippen LogP contribution is -2.24. The smallest absolute Gasteiger partial charge is 0.199 e. The molecule has 126 valence electrons. The molecule has 0 spiro atoms. The molecule has 1 heterocycles. The molecule has 1 unspecified atom stereocenters. The van der Waals surface area contributed by atoms with Gasteiger partial charge in [-0.05, 0) is 55.2 Å². The highest BCUT2D eigenvalue weighted by atomic mass is 16.7. The van der Waals surface area contributed by atoms with E-state index in [1.807, 2.05) is 31.2 Å². The summed E-state index contributed by atoms with van der Waals surface area (Å²) in [5.41, 5.74) is 3.34. The summed E-state index contributed by atoms with van der Waals surface area (Å²) in [5, 5.41) is 0. The van der Waals surface area contributed by atoms with Gasteiger partial charge in [0.1, 0.15) is 11.5 Å². The average Bonchev–Trinajstić information content (AvgIpc) is 2.63. The molecule has 0 aromatic heterocycles. The average molecular weight is 324 g/mol. The van der Waals surface area contributed by atoms with Gasteiger partial charge in [-0.3, -0.25) is 0 Å². The molecule has 24 heavy (non-hydrogen) atoms. The summed E-state index contributed by atoms with van der Waals surface area (Å²) in [4.78, 5) is 0. The molecular weight excluding hydrogens is 300 g/mol. The third-order valence-corrected chi connectivity index (χ3v) is 4.15. The van der Waals surface area contributed by atoms with Gasteiger partial charge in [-0.1, -0.05) is 30.4 Å². The van der Waals surface area contributed by atoms with Crippen LogP contribution in [0, 0.1) is 0 Å². The topological polar surface area (TPSA) is 27.7 Å². The molecule has 2 aromatic rings. The molecule has 3 rings (SSSR count). The molecule has 0 saturated carbocycles. The molecule has 0 amide bonds.